The molecule has 2 aromatic rings. The second kappa shape index (κ2) is 12.1. The molecule has 0 saturated carbocycles. The Bertz CT molecular complexity index is 1130. The number of hydrogen-bond acceptors (Lipinski definition) is 4. The van der Waals surface area contributed by atoms with Crippen LogP contribution < -0.4 is 9.62 Å². The van der Waals surface area contributed by atoms with Gasteiger partial charge in [-0.05, 0) is 62.2 Å². The van der Waals surface area contributed by atoms with Crippen LogP contribution in [0.1, 0.15) is 32.8 Å². The molecule has 0 bridgehead atoms. The summed E-state index contributed by atoms with van der Waals surface area (Å²) in [6.45, 7) is 4.86. The van der Waals surface area contributed by atoms with E-state index in [4.69, 9.17) is 34.8 Å². The quantitative estimate of drug-likeness (QED) is 0.464. The molecule has 0 aliphatic carbocycles. The minimum absolute atomic E-state index is 0.0118. The fourth-order valence-corrected chi connectivity index (χ4v) is 4.55. The average molecular weight is 549 g/mol. The van der Waals surface area contributed by atoms with Gasteiger partial charge >= 0.3 is 0 Å². The van der Waals surface area contributed by atoms with Crippen molar-refractivity contribution in [2.24, 2.45) is 0 Å². The number of rotatable bonds is 10. The first-order chi connectivity index (χ1) is 15.8. The lowest BCUT2D eigenvalue weighted by molar-refractivity contribution is -0.139. The lowest BCUT2D eigenvalue weighted by Crippen LogP contribution is -2.52. The van der Waals surface area contributed by atoms with E-state index >= 15 is 0 Å². The Morgan fingerprint density at radius 2 is 1.59 bits per heavy atom. The molecule has 0 spiro atoms. The van der Waals surface area contributed by atoms with Crippen LogP contribution in [-0.2, 0) is 26.2 Å². The van der Waals surface area contributed by atoms with Crippen molar-refractivity contribution in [2.45, 2.75) is 45.8 Å². The Kier molecular flexibility index (Phi) is 10.1. The SMILES string of the molecule is CC[C@H](C)NC(=O)[C@@H](C)N(Cc1ccc(Cl)cc1Cl)C(=O)CN(c1ccc(Cl)cc1)S(C)(=O)=O. The number of halogens is 3. The number of nitrogens with zero attached hydrogens (tertiary/aromatic N) is 2. The summed E-state index contributed by atoms with van der Waals surface area (Å²) in [6.07, 6.45) is 1.72. The lowest BCUT2D eigenvalue weighted by atomic mass is 10.1. The molecule has 2 atom stereocenters. The van der Waals surface area contributed by atoms with E-state index in [9.17, 15) is 18.0 Å². The van der Waals surface area contributed by atoms with Gasteiger partial charge in [0.25, 0.3) is 0 Å². The highest BCUT2D eigenvalue weighted by atomic mass is 35.5. The number of carbonyl (C=O) groups excluding carboxylic acids is 2. The summed E-state index contributed by atoms with van der Waals surface area (Å²) in [5.41, 5.74) is 0.849. The Morgan fingerprint density at radius 3 is 2.12 bits per heavy atom. The molecule has 2 amide bonds. The fraction of sp³-hybridized carbons (Fsp3) is 0.391. The summed E-state index contributed by atoms with van der Waals surface area (Å²) in [5.74, 6) is -0.927. The van der Waals surface area contributed by atoms with Crippen molar-refractivity contribution >= 4 is 62.3 Å². The predicted molar refractivity (Wildman–Crippen MR) is 138 cm³/mol. The second-order valence-corrected chi connectivity index (χ2v) is 11.2. The summed E-state index contributed by atoms with van der Waals surface area (Å²) in [4.78, 5) is 27.6. The molecule has 0 aromatic heterocycles. The van der Waals surface area contributed by atoms with Crippen molar-refractivity contribution in [1.29, 1.82) is 0 Å². The molecule has 0 radical (unpaired) electrons. The molecule has 7 nitrogen and oxygen atoms in total. The van der Waals surface area contributed by atoms with Crippen molar-refractivity contribution in [3.05, 3.63) is 63.1 Å². The summed E-state index contributed by atoms with van der Waals surface area (Å²) >= 11 is 18.2. The van der Waals surface area contributed by atoms with Crippen LogP contribution in [0.3, 0.4) is 0 Å². The van der Waals surface area contributed by atoms with Gasteiger partial charge in [-0.2, -0.15) is 0 Å². The van der Waals surface area contributed by atoms with Crippen molar-refractivity contribution in [3.63, 3.8) is 0 Å². The first kappa shape index (κ1) is 28.2. The normalized spacial score (nSPS) is 13.1. The van der Waals surface area contributed by atoms with E-state index in [2.05, 4.69) is 5.32 Å². The van der Waals surface area contributed by atoms with Crippen molar-refractivity contribution in [3.8, 4) is 0 Å². The second-order valence-electron chi connectivity index (χ2n) is 8.00. The van der Waals surface area contributed by atoms with E-state index in [0.717, 1.165) is 10.6 Å². The largest absolute Gasteiger partial charge is 0.352 e. The molecule has 0 aliphatic rings. The minimum Gasteiger partial charge on any atom is -0.352 e. The van der Waals surface area contributed by atoms with E-state index in [1.807, 2.05) is 13.8 Å². The maximum atomic E-state index is 13.5. The molecule has 0 aliphatic heterocycles. The summed E-state index contributed by atoms with van der Waals surface area (Å²) < 4.78 is 26.0. The Morgan fingerprint density at radius 1 is 1.00 bits per heavy atom. The highest BCUT2D eigenvalue weighted by Crippen LogP contribution is 2.25. The Hall–Kier alpha value is -2.00. The number of anilines is 1. The van der Waals surface area contributed by atoms with E-state index in [1.54, 1.807) is 25.1 Å². The topological polar surface area (TPSA) is 86.8 Å². The third-order valence-corrected chi connectivity index (χ3v) is 7.30. The molecule has 11 heteroatoms. The van der Waals surface area contributed by atoms with Crippen LogP contribution >= 0.6 is 34.8 Å². The number of hydrogen-bond donors (Lipinski definition) is 1. The standard InChI is InChI=1S/C23H28Cl3N3O4S/c1-5-15(2)27-23(31)16(3)28(13-17-6-7-19(25)12-21(17)26)22(30)14-29(34(4,32)33)20-10-8-18(24)9-11-20/h6-12,15-16H,5,13-14H2,1-4H3,(H,27,31)/t15-,16+/m0/s1. The molecule has 0 unspecified atom stereocenters. The van der Waals surface area contributed by atoms with Gasteiger partial charge in [-0.3, -0.25) is 13.9 Å². The zero-order chi connectivity index (χ0) is 25.6. The lowest BCUT2D eigenvalue weighted by Gasteiger charge is -2.32. The van der Waals surface area contributed by atoms with E-state index in [-0.39, 0.29) is 24.2 Å². The monoisotopic (exact) mass is 547 g/mol. The zero-order valence-corrected chi connectivity index (χ0v) is 22.5. The molecule has 2 aromatic carbocycles. The number of nitrogens with one attached hydrogen (secondary N) is 1. The molecular formula is C23H28Cl3N3O4S. The molecule has 0 fully saturated rings. The van der Waals surface area contributed by atoms with Crippen LogP contribution in [0.15, 0.2) is 42.5 Å². The maximum Gasteiger partial charge on any atom is 0.244 e. The average Bonchev–Trinajstić information content (AvgIpc) is 2.76. The van der Waals surface area contributed by atoms with Gasteiger partial charge in [-0.1, -0.05) is 47.8 Å². The smallest absolute Gasteiger partial charge is 0.244 e. The summed E-state index contributed by atoms with van der Waals surface area (Å²) in [6, 6.07) is 9.95. The first-order valence-electron chi connectivity index (χ1n) is 10.6. The van der Waals surface area contributed by atoms with E-state index in [1.165, 1.54) is 29.2 Å². The fourth-order valence-electron chi connectivity index (χ4n) is 3.10. The molecule has 1 N–H and O–H groups in total. The zero-order valence-electron chi connectivity index (χ0n) is 19.4. The van der Waals surface area contributed by atoms with Crippen LogP contribution in [0, 0.1) is 0 Å². The van der Waals surface area contributed by atoms with Crippen LogP contribution in [0.2, 0.25) is 15.1 Å². The number of benzene rings is 2. The maximum absolute atomic E-state index is 13.5. The summed E-state index contributed by atoms with van der Waals surface area (Å²) in [5, 5.41) is 4.05. The van der Waals surface area contributed by atoms with Gasteiger partial charge in [0.1, 0.15) is 12.6 Å². The van der Waals surface area contributed by atoms with Gasteiger partial charge in [0.05, 0.1) is 11.9 Å². The number of sulfonamides is 1. The van der Waals surface area contributed by atoms with Crippen LogP contribution in [0.4, 0.5) is 5.69 Å². The van der Waals surface area contributed by atoms with E-state index < -0.39 is 28.5 Å². The van der Waals surface area contributed by atoms with Crippen LogP contribution in [-0.4, -0.2) is 50.0 Å². The Balaban J connectivity index is 2.41. The summed E-state index contributed by atoms with van der Waals surface area (Å²) in [7, 11) is -3.82. The van der Waals surface area contributed by atoms with Gasteiger partial charge in [-0.15, -0.1) is 0 Å². The van der Waals surface area contributed by atoms with Crippen LogP contribution in [0.25, 0.3) is 0 Å². The molecular weight excluding hydrogens is 521 g/mol. The molecule has 186 valence electrons. The van der Waals surface area contributed by atoms with Gasteiger partial charge < -0.3 is 10.2 Å². The van der Waals surface area contributed by atoms with E-state index in [0.29, 0.717) is 27.1 Å². The van der Waals surface area contributed by atoms with Crippen LogP contribution in [0.5, 0.6) is 0 Å². The van der Waals surface area contributed by atoms with Crippen molar-refractivity contribution < 1.29 is 18.0 Å². The third-order valence-electron chi connectivity index (χ3n) is 5.32. The molecule has 34 heavy (non-hydrogen) atoms. The predicted octanol–water partition coefficient (Wildman–Crippen LogP) is 4.74. The van der Waals surface area contributed by atoms with Crippen molar-refractivity contribution in [2.75, 3.05) is 17.1 Å². The highest BCUT2D eigenvalue weighted by Gasteiger charge is 2.30. The highest BCUT2D eigenvalue weighted by molar-refractivity contribution is 7.92. The number of carbonyl (C=O) groups is 2. The first-order valence-corrected chi connectivity index (χ1v) is 13.6. The molecule has 2 rings (SSSR count). The third kappa shape index (κ3) is 7.77. The molecule has 0 heterocycles. The molecule has 0 saturated heterocycles. The number of amides is 2. The van der Waals surface area contributed by atoms with Crippen molar-refractivity contribution in [1.82, 2.24) is 10.2 Å². The Labute approximate surface area is 216 Å². The minimum atomic E-state index is -3.82. The van der Waals surface area contributed by atoms with Gasteiger partial charge in [0.2, 0.25) is 21.8 Å². The van der Waals surface area contributed by atoms with Gasteiger partial charge in [-0.25, -0.2) is 8.42 Å². The van der Waals surface area contributed by atoms with Gasteiger partial charge in [0.15, 0.2) is 0 Å². The van der Waals surface area contributed by atoms with Gasteiger partial charge in [0, 0.05) is 27.7 Å².